The van der Waals surface area contributed by atoms with E-state index in [4.69, 9.17) is 10.5 Å². The molecule has 2 bridgehead atoms. The van der Waals surface area contributed by atoms with Crippen LogP contribution in [0.15, 0.2) is 6.07 Å². The summed E-state index contributed by atoms with van der Waals surface area (Å²) in [6.07, 6.45) is 2.84. The molecule has 7 heteroatoms. The number of hydrogen-bond donors (Lipinski definition) is 1. The van der Waals surface area contributed by atoms with Crippen molar-refractivity contribution in [3.05, 3.63) is 6.07 Å². The zero-order chi connectivity index (χ0) is 17.4. The van der Waals surface area contributed by atoms with Crippen molar-refractivity contribution in [2.75, 3.05) is 56.4 Å². The van der Waals surface area contributed by atoms with E-state index in [0.29, 0.717) is 5.88 Å². The first kappa shape index (κ1) is 16.8. The molecule has 0 aliphatic carbocycles. The van der Waals surface area contributed by atoms with E-state index in [1.807, 2.05) is 19.9 Å². The van der Waals surface area contributed by atoms with Gasteiger partial charge in [-0.2, -0.15) is 9.97 Å². The van der Waals surface area contributed by atoms with Crippen LogP contribution in [0.3, 0.4) is 0 Å². The normalized spacial score (nSPS) is 30.0. The molecule has 1 aromatic rings. The molecule has 5 heterocycles. The summed E-state index contributed by atoms with van der Waals surface area (Å²) in [6, 6.07) is 2.67. The number of nitrogens with two attached hydrogens (primary N) is 1. The number of fused-ring (bicyclic) bond motifs is 3. The number of rotatable bonds is 4. The summed E-state index contributed by atoms with van der Waals surface area (Å²) >= 11 is 0. The topological polar surface area (TPSA) is 70.8 Å². The van der Waals surface area contributed by atoms with Crippen LogP contribution in [-0.4, -0.2) is 77.7 Å². The first-order valence-corrected chi connectivity index (χ1v) is 9.61. The quantitative estimate of drug-likeness (QED) is 0.874. The van der Waals surface area contributed by atoms with Crippen LogP contribution in [0.1, 0.15) is 26.7 Å². The van der Waals surface area contributed by atoms with Crippen molar-refractivity contribution in [2.45, 2.75) is 38.8 Å². The zero-order valence-corrected chi connectivity index (χ0v) is 15.4. The molecule has 4 fully saturated rings. The number of nitrogen functional groups attached to an aromatic ring is 1. The predicted octanol–water partition coefficient (Wildman–Crippen LogP) is 1.06. The van der Waals surface area contributed by atoms with Gasteiger partial charge in [0, 0.05) is 44.8 Å². The molecule has 138 valence electrons. The van der Waals surface area contributed by atoms with E-state index in [1.54, 1.807) is 0 Å². The van der Waals surface area contributed by atoms with E-state index < -0.39 is 0 Å². The zero-order valence-electron chi connectivity index (χ0n) is 15.4. The highest BCUT2D eigenvalue weighted by molar-refractivity contribution is 5.46. The summed E-state index contributed by atoms with van der Waals surface area (Å²) in [7, 11) is 0. The summed E-state index contributed by atoms with van der Waals surface area (Å²) in [6.45, 7) is 12.0. The standard InChI is InChI=1S/C18H30N6O/c1-13(2)25-17-11-16(20-18(19)21-17)24-9-7-23(8-10-24)15-12-22-5-3-14(15)4-6-22/h11,13-15H,3-10,12H2,1-2H3,(H2,19,20,21). The first-order chi connectivity index (χ1) is 12.1. The summed E-state index contributed by atoms with van der Waals surface area (Å²) in [5, 5.41) is 0. The summed E-state index contributed by atoms with van der Waals surface area (Å²) in [5.41, 5.74) is 5.88. The lowest BCUT2D eigenvalue weighted by atomic mass is 9.83. The van der Waals surface area contributed by atoms with Crippen molar-refractivity contribution < 1.29 is 4.74 Å². The van der Waals surface area contributed by atoms with Gasteiger partial charge in [0.05, 0.1) is 6.10 Å². The van der Waals surface area contributed by atoms with E-state index >= 15 is 0 Å². The van der Waals surface area contributed by atoms with E-state index in [2.05, 4.69) is 24.7 Å². The van der Waals surface area contributed by atoms with Gasteiger partial charge >= 0.3 is 0 Å². The van der Waals surface area contributed by atoms with E-state index in [0.717, 1.165) is 44.0 Å². The van der Waals surface area contributed by atoms with Gasteiger partial charge in [0.15, 0.2) is 0 Å². The highest BCUT2D eigenvalue weighted by Crippen LogP contribution is 2.32. The molecule has 25 heavy (non-hydrogen) atoms. The minimum Gasteiger partial charge on any atom is -0.475 e. The Bertz CT molecular complexity index is 593. The van der Waals surface area contributed by atoms with Crippen molar-refractivity contribution in [3.8, 4) is 5.88 Å². The molecule has 0 saturated carbocycles. The fourth-order valence-electron chi connectivity index (χ4n) is 4.52. The Hall–Kier alpha value is -1.60. The smallest absolute Gasteiger partial charge is 0.225 e. The van der Waals surface area contributed by atoms with Crippen LogP contribution in [0, 0.1) is 5.92 Å². The lowest BCUT2D eigenvalue weighted by molar-refractivity contribution is 0.00306. The van der Waals surface area contributed by atoms with Crippen molar-refractivity contribution in [3.63, 3.8) is 0 Å². The maximum absolute atomic E-state index is 5.88. The third-order valence-corrected chi connectivity index (χ3v) is 5.79. The lowest BCUT2D eigenvalue weighted by Crippen LogP contribution is -2.61. The molecule has 4 saturated heterocycles. The molecule has 0 spiro atoms. The van der Waals surface area contributed by atoms with Crippen LogP contribution in [0.2, 0.25) is 0 Å². The minimum atomic E-state index is 0.0794. The van der Waals surface area contributed by atoms with Crippen molar-refractivity contribution in [2.24, 2.45) is 5.92 Å². The van der Waals surface area contributed by atoms with Crippen LogP contribution >= 0.6 is 0 Å². The van der Waals surface area contributed by atoms with Crippen LogP contribution in [0.25, 0.3) is 0 Å². The Balaban J connectivity index is 1.39. The van der Waals surface area contributed by atoms with Crippen molar-refractivity contribution in [1.82, 2.24) is 19.8 Å². The van der Waals surface area contributed by atoms with Gasteiger partial charge in [0.2, 0.25) is 11.8 Å². The molecule has 0 amide bonds. The van der Waals surface area contributed by atoms with Gasteiger partial charge in [0.25, 0.3) is 0 Å². The number of aromatic nitrogens is 2. The van der Waals surface area contributed by atoms with Gasteiger partial charge in [0.1, 0.15) is 5.82 Å². The second-order valence-electron chi connectivity index (χ2n) is 7.82. The predicted molar refractivity (Wildman–Crippen MR) is 98.9 cm³/mol. The van der Waals surface area contributed by atoms with Gasteiger partial charge in [-0.15, -0.1) is 0 Å². The van der Waals surface area contributed by atoms with Crippen LogP contribution in [0.4, 0.5) is 11.8 Å². The second-order valence-corrected chi connectivity index (χ2v) is 7.82. The molecular weight excluding hydrogens is 316 g/mol. The highest BCUT2D eigenvalue weighted by Gasteiger charge is 2.38. The summed E-state index contributed by atoms with van der Waals surface area (Å²) in [4.78, 5) is 16.3. The number of piperidine rings is 3. The number of ether oxygens (including phenoxy) is 1. The fourth-order valence-corrected chi connectivity index (χ4v) is 4.52. The Morgan fingerprint density at radius 1 is 1.08 bits per heavy atom. The monoisotopic (exact) mass is 346 g/mol. The average Bonchev–Trinajstić information content (AvgIpc) is 2.62. The molecule has 4 aliphatic rings. The molecule has 7 nitrogen and oxygen atoms in total. The molecule has 1 unspecified atom stereocenters. The van der Waals surface area contributed by atoms with E-state index in [1.165, 1.54) is 32.5 Å². The third-order valence-electron chi connectivity index (χ3n) is 5.79. The van der Waals surface area contributed by atoms with Crippen LogP contribution in [-0.2, 0) is 0 Å². The lowest BCUT2D eigenvalue weighted by Gasteiger charge is -2.51. The van der Waals surface area contributed by atoms with Crippen molar-refractivity contribution in [1.29, 1.82) is 0 Å². The molecule has 2 N–H and O–H groups in total. The maximum Gasteiger partial charge on any atom is 0.225 e. The van der Waals surface area contributed by atoms with Gasteiger partial charge in [-0.1, -0.05) is 0 Å². The van der Waals surface area contributed by atoms with Gasteiger partial charge in [-0.25, -0.2) is 0 Å². The van der Waals surface area contributed by atoms with Gasteiger partial charge in [-0.05, 0) is 45.7 Å². The molecular formula is C18H30N6O. The molecule has 1 aromatic heterocycles. The van der Waals surface area contributed by atoms with Gasteiger partial charge in [-0.3, -0.25) is 4.90 Å². The molecule has 0 aromatic carbocycles. The third kappa shape index (κ3) is 3.67. The Kier molecular flexibility index (Phi) is 4.69. The average molecular weight is 346 g/mol. The maximum atomic E-state index is 5.88. The van der Waals surface area contributed by atoms with Crippen molar-refractivity contribution >= 4 is 11.8 Å². The van der Waals surface area contributed by atoms with Crippen LogP contribution < -0.4 is 15.4 Å². The molecule has 0 radical (unpaired) electrons. The number of hydrogen-bond acceptors (Lipinski definition) is 7. The van der Waals surface area contributed by atoms with E-state index in [-0.39, 0.29) is 12.1 Å². The number of nitrogens with zero attached hydrogens (tertiary/aromatic N) is 5. The SMILES string of the molecule is CC(C)Oc1cc(N2CCN(C3CN4CCC3CC4)CC2)nc(N)n1. The minimum absolute atomic E-state index is 0.0794. The van der Waals surface area contributed by atoms with E-state index in [9.17, 15) is 0 Å². The fraction of sp³-hybridized carbons (Fsp3) is 0.778. The Morgan fingerprint density at radius 3 is 2.40 bits per heavy atom. The Labute approximate surface area is 150 Å². The number of anilines is 2. The summed E-state index contributed by atoms with van der Waals surface area (Å²) < 4.78 is 5.70. The Morgan fingerprint density at radius 2 is 1.80 bits per heavy atom. The molecule has 4 aliphatic heterocycles. The van der Waals surface area contributed by atoms with Gasteiger partial charge < -0.3 is 20.3 Å². The summed E-state index contributed by atoms with van der Waals surface area (Å²) in [5.74, 6) is 2.64. The highest BCUT2D eigenvalue weighted by atomic mass is 16.5. The first-order valence-electron chi connectivity index (χ1n) is 9.61. The molecule has 1 atom stereocenters. The number of piperazine rings is 1. The molecule has 5 rings (SSSR count). The second kappa shape index (κ2) is 6.96. The largest absolute Gasteiger partial charge is 0.475 e. The van der Waals surface area contributed by atoms with Crippen LogP contribution in [0.5, 0.6) is 5.88 Å².